The Labute approximate surface area is 227 Å². The molecule has 1 aliphatic carbocycles. The molecule has 1 unspecified atom stereocenters. The van der Waals surface area contributed by atoms with Crippen molar-refractivity contribution < 1.29 is 9.53 Å². The van der Waals surface area contributed by atoms with Crippen molar-refractivity contribution in [3.63, 3.8) is 0 Å². The van der Waals surface area contributed by atoms with Gasteiger partial charge in [-0.25, -0.2) is 14.6 Å². The van der Waals surface area contributed by atoms with Crippen molar-refractivity contribution in [2.24, 2.45) is 5.92 Å². The van der Waals surface area contributed by atoms with Crippen LogP contribution in [0.25, 0.3) is 21.9 Å². The zero-order valence-corrected chi connectivity index (χ0v) is 23.3. The first-order valence-corrected chi connectivity index (χ1v) is 13.7. The summed E-state index contributed by atoms with van der Waals surface area (Å²) in [5, 5.41) is 3.57. The van der Waals surface area contributed by atoms with Crippen molar-refractivity contribution in [2.45, 2.75) is 84.5 Å². The summed E-state index contributed by atoms with van der Waals surface area (Å²) in [5.74, 6) is 1.11. The van der Waals surface area contributed by atoms with Crippen LogP contribution in [0.3, 0.4) is 0 Å². The number of hydrogen-bond acceptors (Lipinski definition) is 5. The van der Waals surface area contributed by atoms with Gasteiger partial charge >= 0.3 is 11.8 Å². The summed E-state index contributed by atoms with van der Waals surface area (Å²) >= 11 is 0. The summed E-state index contributed by atoms with van der Waals surface area (Å²) < 4.78 is 8.53. The maximum absolute atomic E-state index is 13.4. The number of benzene rings is 2. The first-order valence-electron chi connectivity index (χ1n) is 13.7. The van der Waals surface area contributed by atoms with Crippen LogP contribution in [0.2, 0.25) is 0 Å². The van der Waals surface area contributed by atoms with Gasteiger partial charge in [-0.1, -0.05) is 32.0 Å². The first kappa shape index (κ1) is 26.7. The molecule has 2 aromatic heterocycles. The Morgan fingerprint density at radius 1 is 1.13 bits per heavy atom. The summed E-state index contributed by atoms with van der Waals surface area (Å²) in [5.41, 5.74) is 2.00. The molecule has 1 fully saturated rings. The average molecular weight is 532 g/mol. The number of alkyl carbamates (subject to hydrolysis) is 1. The van der Waals surface area contributed by atoms with Crippen molar-refractivity contribution in [3.8, 4) is 0 Å². The number of imidazole rings is 1. The normalized spacial score (nSPS) is 14.7. The summed E-state index contributed by atoms with van der Waals surface area (Å²) in [4.78, 5) is 47.1. The minimum absolute atomic E-state index is 0.0284. The number of ether oxygens (including phenoxy) is 1. The number of aromatic nitrogens is 4. The lowest BCUT2D eigenvalue weighted by Crippen LogP contribution is -2.39. The molecule has 1 saturated carbocycles. The third-order valence-corrected chi connectivity index (χ3v) is 6.98. The van der Waals surface area contributed by atoms with E-state index in [1.54, 1.807) is 16.7 Å². The minimum Gasteiger partial charge on any atom is -0.444 e. The predicted octanol–water partition coefficient (Wildman–Crippen LogP) is 5.42. The lowest BCUT2D eigenvalue weighted by atomic mass is 9.97. The number of nitrogens with zero attached hydrogens (tertiary/aromatic N) is 3. The van der Waals surface area contributed by atoms with E-state index in [1.807, 2.05) is 51.1 Å². The van der Waals surface area contributed by atoms with Gasteiger partial charge in [-0.15, -0.1) is 0 Å². The topological polar surface area (TPSA) is 111 Å². The van der Waals surface area contributed by atoms with E-state index in [-0.39, 0.29) is 29.9 Å². The maximum atomic E-state index is 13.4. The van der Waals surface area contributed by atoms with Gasteiger partial charge in [0, 0.05) is 6.04 Å². The molecule has 4 aromatic rings. The van der Waals surface area contributed by atoms with Gasteiger partial charge in [-0.2, -0.15) is 0 Å². The molecule has 1 atom stereocenters. The van der Waals surface area contributed by atoms with Gasteiger partial charge in [0.1, 0.15) is 11.4 Å². The van der Waals surface area contributed by atoms with Crippen LogP contribution >= 0.6 is 0 Å². The summed E-state index contributed by atoms with van der Waals surface area (Å²) in [7, 11) is 0. The van der Waals surface area contributed by atoms with Crippen LogP contribution < -0.4 is 16.6 Å². The molecule has 2 heterocycles. The largest absolute Gasteiger partial charge is 0.444 e. The van der Waals surface area contributed by atoms with E-state index >= 15 is 0 Å². The minimum atomic E-state index is -0.585. The zero-order chi connectivity index (χ0) is 27.9. The number of nitrogens with one attached hydrogen (secondary N) is 2. The number of H-pyrrole nitrogens is 1. The van der Waals surface area contributed by atoms with Gasteiger partial charge in [-0.05, 0) is 82.2 Å². The molecule has 206 valence electrons. The Hall–Kier alpha value is -3.88. The molecule has 0 radical (unpaired) electrons. The van der Waals surface area contributed by atoms with Crippen molar-refractivity contribution in [2.75, 3.05) is 0 Å². The van der Waals surface area contributed by atoms with Gasteiger partial charge in [0.15, 0.2) is 0 Å². The molecule has 0 bridgehead atoms. The second-order valence-electron chi connectivity index (χ2n) is 11.9. The predicted molar refractivity (Wildman–Crippen MR) is 152 cm³/mol. The van der Waals surface area contributed by atoms with Crippen molar-refractivity contribution in [3.05, 3.63) is 74.7 Å². The monoisotopic (exact) mass is 531 g/mol. The Morgan fingerprint density at radius 2 is 1.87 bits per heavy atom. The summed E-state index contributed by atoms with van der Waals surface area (Å²) in [6.07, 6.45) is 2.95. The van der Waals surface area contributed by atoms with Crippen LogP contribution in [0.4, 0.5) is 4.79 Å². The van der Waals surface area contributed by atoms with Crippen molar-refractivity contribution in [1.29, 1.82) is 0 Å². The van der Waals surface area contributed by atoms with Gasteiger partial charge in [0.25, 0.3) is 5.56 Å². The molecule has 2 aromatic carbocycles. The molecule has 0 saturated heterocycles. The highest BCUT2D eigenvalue weighted by Gasteiger charge is 2.29. The van der Waals surface area contributed by atoms with Crippen LogP contribution in [0, 0.1) is 5.92 Å². The number of para-hydroxylation sites is 1. The molecule has 9 heteroatoms. The highest BCUT2D eigenvalue weighted by molar-refractivity contribution is 5.79. The maximum Gasteiger partial charge on any atom is 0.408 e. The van der Waals surface area contributed by atoms with Crippen LogP contribution in [0.5, 0.6) is 0 Å². The fraction of sp³-hybridized carbons (Fsp3) is 0.467. The third kappa shape index (κ3) is 5.92. The Kier molecular flexibility index (Phi) is 7.09. The molecule has 1 aliphatic rings. The molecule has 2 N–H and O–H groups in total. The standard InChI is InChI=1S/C30H37N5O4/c1-18(2)10-14-22(33-28(37)39-30(3,4)5)19-11-15-23-24(16-19)32-26(31-23)17-34-25-9-7-6-8-21(25)27(36)35(29(34)38)20-12-13-20/h6-9,11,15-16,18,20,22H,10,12-14,17H2,1-5H3,(H,31,32)(H,33,37). The van der Waals surface area contributed by atoms with E-state index in [9.17, 15) is 14.4 Å². The Bertz CT molecular complexity index is 1640. The zero-order valence-electron chi connectivity index (χ0n) is 23.3. The smallest absolute Gasteiger partial charge is 0.408 e. The van der Waals surface area contributed by atoms with Crippen LogP contribution in [-0.4, -0.2) is 30.8 Å². The highest BCUT2D eigenvalue weighted by Crippen LogP contribution is 2.32. The van der Waals surface area contributed by atoms with Crippen LogP contribution in [0.1, 0.15) is 83.8 Å². The molecule has 0 aliphatic heterocycles. The Balaban J connectivity index is 1.47. The summed E-state index contributed by atoms with van der Waals surface area (Å²) in [6.45, 7) is 10.1. The number of hydrogen-bond donors (Lipinski definition) is 2. The molecule has 0 spiro atoms. The van der Waals surface area contributed by atoms with Gasteiger partial charge < -0.3 is 15.0 Å². The molecule has 5 rings (SSSR count). The van der Waals surface area contributed by atoms with E-state index in [1.165, 1.54) is 4.57 Å². The highest BCUT2D eigenvalue weighted by atomic mass is 16.6. The van der Waals surface area contributed by atoms with Crippen molar-refractivity contribution in [1.82, 2.24) is 24.4 Å². The van der Waals surface area contributed by atoms with Gasteiger partial charge in [0.2, 0.25) is 0 Å². The second kappa shape index (κ2) is 10.4. The van der Waals surface area contributed by atoms with Crippen molar-refractivity contribution >= 4 is 28.0 Å². The van der Waals surface area contributed by atoms with E-state index in [4.69, 9.17) is 9.72 Å². The summed E-state index contributed by atoms with van der Waals surface area (Å²) in [6, 6.07) is 12.9. The number of carbonyl (C=O) groups is 1. The number of aromatic amines is 1. The second-order valence-corrected chi connectivity index (χ2v) is 11.9. The van der Waals surface area contributed by atoms with E-state index in [0.29, 0.717) is 22.6 Å². The number of carbonyl (C=O) groups excluding carboxylic acids is 1. The molecule has 39 heavy (non-hydrogen) atoms. The molecular weight excluding hydrogens is 494 g/mol. The SMILES string of the molecule is CC(C)CCC(NC(=O)OC(C)(C)C)c1ccc2[nH]c(Cn3c(=O)n(C4CC4)c(=O)c4ccccc43)nc2c1. The van der Waals surface area contributed by atoms with E-state index < -0.39 is 11.7 Å². The third-order valence-electron chi connectivity index (χ3n) is 6.98. The first-order chi connectivity index (χ1) is 18.5. The number of rotatable bonds is 8. The molecular formula is C30H37N5O4. The number of amides is 1. The van der Waals surface area contributed by atoms with Crippen LogP contribution in [-0.2, 0) is 11.3 Å². The molecule has 9 nitrogen and oxygen atoms in total. The Morgan fingerprint density at radius 3 is 2.56 bits per heavy atom. The van der Waals surface area contributed by atoms with Crippen LogP contribution in [0.15, 0.2) is 52.1 Å². The molecule has 1 amide bonds. The average Bonchev–Trinajstić information content (AvgIpc) is 3.61. The van der Waals surface area contributed by atoms with Gasteiger partial charge in [0.05, 0.1) is 34.5 Å². The van der Waals surface area contributed by atoms with E-state index in [2.05, 4.69) is 24.1 Å². The fourth-order valence-corrected chi connectivity index (χ4v) is 4.94. The lowest BCUT2D eigenvalue weighted by Gasteiger charge is -2.24. The van der Waals surface area contributed by atoms with E-state index in [0.717, 1.165) is 42.3 Å². The quantitative estimate of drug-likeness (QED) is 0.315. The van der Waals surface area contributed by atoms with Gasteiger partial charge in [-0.3, -0.25) is 13.9 Å². The lowest BCUT2D eigenvalue weighted by molar-refractivity contribution is 0.0499. The fourth-order valence-electron chi connectivity index (χ4n) is 4.94. The number of fused-ring (bicyclic) bond motifs is 2.